The van der Waals surface area contributed by atoms with Crippen molar-refractivity contribution in [2.45, 2.75) is 44.2 Å². The van der Waals surface area contributed by atoms with Crippen LogP contribution in [0.3, 0.4) is 0 Å². The molecule has 3 N–H and O–H groups in total. The number of carbonyl (C=O) groups is 2. The zero-order chi connectivity index (χ0) is 18.5. The predicted octanol–water partition coefficient (Wildman–Crippen LogP) is 1.11. The topological polar surface area (TPSA) is 113 Å². The Kier molecular flexibility index (Phi) is 6.85. The van der Waals surface area contributed by atoms with Crippen molar-refractivity contribution in [3.8, 4) is 0 Å². The Morgan fingerprint density at radius 2 is 1.79 bits per heavy atom. The highest BCUT2D eigenvalue weighted by atomic mass is 32.2. The molecule has 0 radical (unpaired) electrons. The largest absolute Gasteiger partial charge is 0.480 e. The molecule has 1 amide bonds. The molecule has 0 aliphatic heterocycles. The number of sulfonamides is 1. The summed E-state index contributed by atoms with van der Waals surface area (Å²) in [4.78, 5) is 22.6. The van der Waals surface area contributed by atoms with E-state index < -0.39 is 44.7 Å². The molecule has 0 saturated carbocycles. The average molecular weight is 360 g/mol. The second-order valence-corrected chi connectivity index (χ2v) is 7.48. The van der Waals surface area contributed by atoms with E-state index >= 15 is 0 Å². The second-order valence-electron chi connectivity index (χ2n) is 5.80. The molecular weight excluding hydrogens is 339 g/mol. The summed E-state index contributed by atoms with van der Waals surface area (Å²) in [5.41, 5.74) is 0. The van der Waals surface area contributed by atoms with Crippen LogP contribution in [-0.4, -0.2) is 37.5 Å². The maximum absolute atomic E-state index is 13.6. The first kappa shape index (κ1) is 20.0. The minimum atomic E-state index is -4.25. The predicted molar refractivity (Wildman–Crippen MR) is 85.2 cm³/mol. The Morgan fingerprint density at radius 3 is 2.29 bits per heavy atom. The van der Waals surface area contributed by atoms with Gasteiger partial charge in [-0.25, -0.2) is 17.6 Å². The number of carboxylic acid groups (broad SMARTS) is 1. The smallest absolute Gasteiger partial charge is 0.326 e. The third-order valence-electron chi connectivity index (χ3n) is 3.17. The third kappa shape index (κ3) is 5.57. The molecule has 0 bridgehead atoms. The number of carbonyl (C=O) groups excluding carboxylic acids is 1. The summed E-state index contributed by atoms with van der Waals surface area (Å²) in [6, 6.07) is 2.37. The maximum Gasteiger partial charge on any atom is 0.326 e. The number of benzene rings is 1. The zero-order valence-corrected chi connectivity index (χ0v) is 14.4. The summed E-state index contributed by atoms with van der Waals surface area (Å²) in [7, 11) is -4.25. The first-order valence-corrected chi connectivity index (χ1v) is 8.83. The molecule has 1 aromatic carbocycles. The van der Waals surface area contributed by atoms with Crippen LogP contribution in [0.4, 0.5) is 4.39 Å². The van der Waals surface area contributed by atoms with E-state index in [0.717, 1.165) is 12.1 Å². The molecule has 9 heteroatoms. The first-order valence-electron chi connectivity index (χ1n) is 7.34. The van der Waals surface area contributed by atoms with Gasteiger partial charge >= 0.3 is 5.97 Å². The van der Waals surface area contributed by atoms with Crippen molar-refractivity contribution in [1.82, 2.24) is 10.0 Å². The number of halogens is 1. The fourth-order valence-electron chi connectivity index (χ4n) is 2.00. The van der Waals surface area contributed by atoms with Crippen molar-refractivity contribution < 1.29 is 27.5 Å². The van der Waals surface area contributed by atoms with E-state index in [1.54, 1.807) is 13.8 Å². The summed E-state index contributed by atoms with van der Waals surface area (Å²) in [5.74, 6) is -2.93. The fraction of sp³-hybridized carbons (Fsp3) is 0.467. The van der Waals surface area contributed by atoms with Gasteiger partial charge in [0, 0.05) is 0 Å². The summed E-state index contributed by atoms with van der Waals surface area (Å²) < 4.78 is 39.9. The molecule has 0 aliphatic rings. The lowest BCUT2D eigenvalue weighted by Gasteiger charge is -2.20. The highest BCUT2D eigenvalue weighted by Gasteiger charge is 2.28. The van der Waals surface area contributed by atoms with Crippen molar-refractivity contribution in [3.63, 3.8) is 0 Å². The minimum absolute atomic E-state index is 0.0248. The highest BCUT2D eigenvalue weighted by molar-refractivity contribution is 7.89. The molecule has 2 atom stereocenters. The normalized spacial score (nSPS) is 14.2. The number of hydrogen-bond acceptors (Lipinski definition) is 4. The van der Waals surface area contributed by atoms with Gasteiger partial charge in [-0.15, -0.1) is 0 Å². The molecular formula is C15H21FN2O5S. The van der Waals surface area contributed by atoms with Crippen LogP contribution in [0.25, 0.3) is 0 Å². The quantitative estimate of drug-likeness (QED) is 0.643. The summed E-state index contributed by atoms with van der Waals surface area (Å²) in [6.45, 7) is 4.85. The maximum atomic E-state index is 13.6. The average Bonchev–Trinajstić information content (AvgIpc) is 2.45. The lowest BCUT2D eigenvalue weighted by Crippen LogP contribution is -2.50. The summed E-state index contributed by atoms with van der Waals surface area (Å²) >= 11 is 0. The molecule has 24 heavy (non-hydrogen) atoms. The van der Waals surface area contributed by atoms with Gasteiger partial charge in [-0.1, -0.05) is 26.0 Å². The Bertz CT molecular complexity index is 706. The molecule has 0 aliphatic carbocycles. The molecule has 134 valence electrons. The Balaban J connectivity index is 2.83. The van der Waals surface area contributed by atoms with Gasteiger partial charge in [0.1, 0.15) is 16.8 Å². The van der Waals surface area contributed by atoms with Crippen LogP contribution >= 0.6 is 0 Å². The minimum Gasteiger partial charge on any atom is -0.480 e. The number of hydrogen-bond donors (Lipinski definition) is 3. The summed E-state index contributed by atoms with van der Waals surface area (Å²) in [6.07, 6.45) is 0.202. The van der Waals surface area contributed by atoms with Crippen LogP contribution in [0.5, 0.6) is 0 Å². The highest BCUT2D eigenvalue weighted by Crippen LogP contribution is 2.13. The standard InChI is InChI=1S/C15H21FN2O5S/c1-9(2)8-12(15(20)21)17-14(19)10(3)18-24(22,23)13-7-5-4-6-11(13)16/h4-7,9-10,12,18H,8H2,1-3H3,(H,17,19)(H,20,21)/t10?,12-/m1/s1. The second kappa shape index (κ2) is 8.20. The van der Waals surface area contributed by atoms with Crippen LogP contribution in [0.1, 0.15) is 27.2 Å². The van der Waals surface area contributed by atoms with Crippen molar-refractivity contribution >= 4 is 21.9 Å². The number of amides is 1. The lowest BCUT2D eigenvalue weighted by atomic mass is 10.0. The van der Waals surface area contributed by atoms with Crippen LogP contribution in [0.2, 0.25) is 0 Å². The molecule has 0 heterocycles. The van der Waals surface area contributed by atoms with Crippen molar-refractivity contribution in [2.24, 2.45) is 5.92 Å². The molecule has 1 aromatic rings. The lowest BCUT2D eigenvalue weighted by molar-refractivity contribution is -0.142. The van der Waals surface area contributed by atoms with Crippen molar-refractivity contribution in [2.75, 3.05) is 0 Å². The van der Waals surface area contributed by atoms with Gasteiger partial charge in [-0.05, 0) is 31.4 Å². The van der Waals surface area contributed by atoms with E-state index in [9.17, 15) is 22.4 Å². The van der Waals surface area contributed by atoms with Crippen LogP contribution in [0, 0.1) is 11.7 Å². The van der Waals surface area contributed by atoms with Gasteiger partial charge < -0.3 is 10.4 Å². The first-order chi connectivity index (χ1) is 11.0. The Morgan fingerprint density at radius 1 is 1.21 bits per heavy atom. The number of rotatable bonds is 8. The SMILES string of the molecule is CC(C)C[C@@H](NC(=O)C(C)NS(=O)(=O)c1ccccc1F)C(=O)O. The fourth-order valence-corrected chi connectivity index (χ4v) is 3.28. The molecule has 0 fully saturated rings. The van der Waals surface area contributed by atoms with E-state index in [4.69, 9.17) is 5.11 Å². The summed E-state index contributed by atoms with van der Waals surface area (Å²) in [5, 5.41) is 11.4. The molecule has 1 rings (SSSR count). The van der Waals surface area contributed by atoms with Gasteiger partial charge in [0.15, 0.2) is 0 Å². The molecule has 0 saturated heterocycles. The van der Waals surface area contributed by atoms with Gasteiger partial charge in [0.05, 0.1) is 6.04 Å². The van der Waals surface area contributed by atoms with E-state index in [1.165, 1.54) is 19.1 Å². The van der Waals surface area contributed by atoms with Crippen LogP contribution < -0.4 is 10.0 Å². The number of nitrogens with one attached hydrogen (secondary N) is 2. The monoisotopic (exact) mass is 360 g/mol. The van der Waals surface area contributed by atoms with E-state index in [-0.39, 0.29) is 12.3 Å². The Hall–Kier alpha value is -2.00. The Labute approximate surface area is 140 Å². The molecule has 1 unspecified atom stereocenters. The van der Waals surface area contributed by atoms with Crippen molar-refractivity contribution in [1.29, 1.82) is 0 Å². The molecule has 0 aromatic heterocycles. The zero-order valence-electron chi connectivity index (χ0n) is 13.6. The number of aliphatic carboxylic acids is 1. The van der Waals surface area contributed by atoms with E-state index in [1.807, 2.05) is 4.72 Å². The molecule has 7 nitrogen and oxygen atoms in total. The number of carboxylic acids is 1. The van der Waals surface area contributed by atoms with Crippen LogP contribution in [-0.2, 0) is 19.6 Å². The van der Waals surface area contributed by atoms with Crippen molar-refractivity contribution in [3.05, 3.63) is 30.1 Å². The van der Waals surface area contributed by atoms with Gasteiger partial charge in [-0.3, -0.25) is 4.79 Å². The van der Waals surface area contributed by atoms with E-state index in [0.29, 0.717) is 0 Å². The van der Waals surface area contributed by atoms with E-state index in [2.05, 4.69) is 5.32 Å². The molecule has 0 spiro atoms. The van der Waals surface area contributed by atoms with Gasteiger partial charge in [-0.2, -0.15) is 4.72 Å². The third-order valence-corrected chi connectivity index (χ3v) is 4.75. The van der Waals surface area contributed by atoms with Gasteiger partial charge in [0.25, 0.3) is 0 Å². The van der Waals surface area contributed by atoms with Crippen LogP contribution in [0.15, 0.2) is 29.2 Å². The van der Waals surface area contributed by atoms with Gasteiger partial charge in [0.2, 0.25) is 15.9 Å².